The molecule has 0 aliphatic carbocycles. The molecule has 1 fully saturated rings. The predicted molar refractivity (Wildman–Crippen MR) is 143 cm³/mol. The first-order chi connectivity index (χ1) is 17.1. The molecule has 35 heavy (non-hydrogen) atoms. The summed E-state index contributed by atoms with van der Waals surface area (Å²) in [5, 5.41) is 11.5. The highest BCUT2D eigenvalue weighted by atomic mass is 16.3. The van der Waals surface area contributed by atoms with Gasteiger partial charge in [0.15, 0.2) is 0 Å². The van der Waals surface area contributed by atoms with E-state index < -0.39 is 0 Å². The summed E-state index contributed by atoms with van der Waals surface area (Å²) in [6.07, 6.45) is 4.24. The number of aromatic nitrogens is 1. The van der Waals surface area contributed by atoms with Crippen molar-refractivity contribution in [1.82, 2.24) is 9.47 Å². The van der Waals surface area contributed by atoms with Crippen LogP contribution in [0.2, 0.25) is 0 Å². The summed E-state index contributed by atoms with van der Waals surface area (Å²) in [6, 6.07) is 16.3. The molecule has 3 aliphatic rings. The molecule has 0 atom stereocenters. The minimum Gasteiger partial charge on any atom is -0.494 e. The molecule has 6 rings (SSSR count). The number of fused-ring (bicyclic) bond motifs is 2. The van der Waals surface area contributed by atoms with E-state index in [1.165, 1.54) is 5.70 Å². The molecule has 1 saturated heterocycles. The van der Waals surface area contributed by atoms with Gasteiger partial charge in [0, 0.05) is 55.6 Å². The van der Waals surface area contributed by atoms with Gasteiger partial charge in [0.25, 0.3) is 5.91 Å². The minimum absolute atomic E-state index is 0.169. The lowest BCUT2D eigenvalue weighted by Gasteiger charge is -2.16. The molecule has 1 amide bonds. The fourth-order valence-electron chi connectivity index (χ4n) is 5.64. The van der Waals surface area contributed by atoms with Crippen LogP contribution >= 0.6 is 0 Å². The Morgan fingerprint density at radius 3 is 2.43 bits per heavy atom. The number of carbonyl (C=O) groups excluding carboxylic acids is 1. The van der Waals surface area contributed by atoms with Crippen LogP contribution in [0.25, 0.3) is 16.5 Å². The van der Waals surface area contributed by atoms with Crippen LogP contribution in [0.5, 0.6) is 5.88 Å². The molecule has 182 valence electrons. The van der Waals surface area contributed by atoms with Crippen molar-refractivity contribution >= 4 is 33.8 Å². The van der Waals surface area contributed by atoms with Crippen molar-refractivity contribution in [3.8, 4) is 5.88 Å². The summed E-state index contributed by atoms with van der Waals surface area (Å²) in [4.78, 5) is 21.2. The summed E-state index contributed by atoms with van der Waals surface area (Å²) in [7, 11) is 2.08. The van der Waals surface area contributed by atoms with Crippen LogP contribution in [0.1, 0.15) is 50.7 Å². The van der Waals surface area contributed by atoms with E-state index in [4.69, 9.17) is 0 Å². The van der Waals surface area contributed by atoms with Gasteiger partial charge in [-0.15, -0.1) is 0 Å². The number of benzene rings is 2. The number of rotatable bonds is 3. The van der Waals surface area contributed by atoms with Crippen LogP contribution in [-0.4, -0.2) is 52.9 Å². The largest absolute Gasteiger partial charge is 0.494 e. The van der Waals surface area contributed by atoms with E-state index in [-0.39, 0.29) is 5.91 Å². The van der Waals surface area contributed by atoms with Crippen molar-refractivity contribution in [1.29, 1.82) is 0 Å². The third-order valence-corrected chi connectivity index (χ3v) is 7.32. The Bertz CT molecular complexity index is 1330. The van der Waals surface area contributed by atoms with Gasteiger partial charge in [0.05, 0.1) is 22.3 Å². The molecule has 6 heteroatoms. The highest BCUT2D eigenvalue weighted by Crippen LogP contribution is 2.41. The van der Waals surface area contributed by atoms with Gasteiger partial charge in [-0.3, -0.25) is 9.79 Å². The number of para-hydroxylation sites is 2. The Balaban J connectivity index is 0.000000145. The highest BCUT2D eigenvalue weighted by molar-refractivity contribution is 6.33. The number of carbonyl (C=O) groups is 1. The monoisotopic (exact) mass is 470 g/mol. The molecule has 0 unspecified atom stereocenters. The lowest BCUT2D eigenvalue weighted by molar-refractivity contribution is -0.113. The molecule has 3 aromatic rings. The molecule has 6 nitrogen and oxygen atoms in total. The van der Waals surface area contributed by atoms with Gasteiger partial charge >= 0.3 is 0 Å². The van der Waals surface area contributed by atoms with Gasteiger partial charge in [0.1, 0.15) is 0 Å². The van der Waals surface area contributed by atoms with Gasteiger partial charge in [-0.25, -0.2) is 0 Å². The second-order valence-corrected chi connectivity index (χ2v) is 9.31. The number of allylic oxidation sites excluding steroid dienone is 1. The first-order valence-corrected chi connectivity index (χ1v) is 12.8. The van der Waals surface area contributed by atoms with Gasteiger partial charge in [0.2, 0.25) is 5.88 Å². The Morgan fingerprint density at radius 2 is 1.74 bits per heavy atom. The molecule has 1 N–H and O–H groups in total. The van der Waals surface area contributed by atoms with Gasteiger partial charge in [-0.1, -0.05) is 36.4 Å². The molecule has 0 bridgehead atoms. The van der Waals surface area contributed by atoms with Crippen molar-refractivity contribution in [3.63, 3.8) is 0 Å². The van der Waals surface area contributed by atoms with Crippen molar-refractivity contribution in [3.05, 3.63) is 65.4 Å². The van der Waals surface area contributed by atoms with E-state index in [1.54, 1.807) is 0 Å². The molecule has 0 saturated carbocycles. The Morgan fingerprint density at radius 1 is 0.971 bits per heavy atom. The number of hydrogen-bond acceptors (Lipinski definition) is 4. The normalized spacial score (nSPS) is 19.3. The number of hydrogen-bond donors (Lipinski definition) is 1. The maximum absolute atomic E-state index is 12.6. The number of likely N-dealkylation sites (tertiary alicyclic amines) is 1. The minimum atomic E-state index is 0.169. The van der Waals surface area contributed by atoms with Crippen LogP contribution in [0.15, 0.2) is 59.2 Å². The first kappa shape index (κ1) is 23.2. The molecular weight excluding hydrogens is 436 g/mol. The summed E-state index contributed by atoms with van der Waals surface area (Å²) in [6.45, 7) is 7.53. The average Bonchev–Trinajstić information content (AvgIpc) is 3.64. The van der Waals surface area contributed by atoms with E-state index in [0.29, 0.717) is 5.88 Å². The fraction of sp³-hybridized carbons (Fsp3) is 0.379. The zero-order valence-corrected chi connectivity index (χ0v) is 20.9. The number of likely N-dealkylation sites (N-methyl/N-ethyl adjacent to an activating group) is 1. The van der Waals surface area contributed by atoms with Gasteiger partial charge in [-0.2, -0.15) is 0 Å². The smallest absolute Gasteiger partial charge is 0.260 e. The number of aromatic hydroxyl groups is 1. The van der Waals surface area contributed by atoms with E-state index in [2.05, 4.69) is 35.1 Å². The standard InChI is InChI=1S/C15H18N2O.C14H16N2O/c1-3-17-12-8-5-4-7-11(12)14(15(17)18)13-9-6-10-16(13)2;1-2-16-12-8-4-3-6-10(12)13(14(16)17)11-7-5-9-15-11/h4-5,7-8H,3,6,9-10H2,1-2H3;3-4,6,8,17H,2,5,7,9H2,1H3/b14-13+;. The second kappa shape index (κ2) is 9.61. The highest BCUT2D eigenvalue weighted by Gasteiger charge is 2.35. The van der Waals surface area contributed by atoms with Crippen LogP contribution < -0.4 is 4.90 Å². The maximum Gasteiger partial charge on any atom is 0.260 e. The van der Waals surface area contributed by atoms with E-state index >= 15 is 0 Å². The quantitative estimate of drug-likeness (QED) is 0.519. The third kappa shape index (κ3) is 3.91. The Hall–Kier alpha value is -3.54. The Labute approximate surface area is 207 Å². The van der Waals surface area contributed by atoms with Crippen LogP contribution in [0, 0.1) is 0 Å². The predicted octanol–water partition coefficient (Wildman–Crippen LogP) is 5.44. The molecule has 1 aromatic heterocycles. The number of aryl methyl sites for hydroxylation is 1. The third-order valence-electron chi connectivity index (χ3n) is 7.32. The SMILES string of the molecule is CCN1C(=O)/C(=C2\CCCN2C)c2ccccc21.CCn1c(O)c(C2=NCCC2)c2ccccc21. The van der Waals surface area contributed by atoms with Crippen molar-refractivity contribution < 1.29 is 9.90 Å². The van der Waals surface area contributed by atoms with Crippen LogP contribution in [-0.2, 0) is 11.3 Å². The second-order valence-electron chi connectivity index (χ2n) is 9.31. The van der Waals surface area contributed by atoms with Gasteiger partial charge < -0.3 is 19.5 Å². The summed E-state index contributed by atoms with van der Waals surface area (Å²) < 4.78 is 1.95. The molecule has 0 spiro atoms. The summed E-state index contributed by atoms with van der Waals surface area (Å²) >= 11 is 0. The molecule has 2 aromatic carbocycles. The molecule has 4 heterocycles. The number of nitrogens with zero attached hydrogens (tertiary/aromatic N) is 4. The lowest BCUT2D eigenvalue weighted by Crippen LogP contribution is -2.26. The van der Waals surface area contributed by atoms with Gasteiger partial charge in [-0.05, 0) is 51.7 Å². The summed E-state index contributed by atoms with van der Waals surface area (Å²) in [5.41, 5.74) is 7.40. The number of anilines is 1. The zero-order chi connectivity index (χ0) is 24.5. The molecule has 3 aliphatic heterocycles. The number of amides is 1. The van der Waals surface area contributed by atoms with Crippen molar-refractivity contribution in [2.75, 3.05) is 31.6 Å². The van der Waals surface area contributed by atoms with Crippen molar-refractivity contribution in [2.45, 2.75) is 46.1 Å². The van der Waals surface area contributed by atoms with E-state index in [0.717, 1.165) is 90.9 Å². The topological polar surface area (TPSA) is 61.1 Å². The van der Waals surface area contributed by atoms with Crippen LogP contribution in [0.4, 0.5) is 5.69 Å². The zero-order valence-electron chi connectivity index (χ0n) is 20.9. The fourth-order valence-corrected chi connectivity index (χ4v) is 5.64. The van der Waals surface area contributed by atoms with Crippen LogP contribution in [0.3, 0.4) is 0 Å². The molecular formula is C29H34N4O2. The number of aliphatic imine (C=N–C) groups is 1. The van der Waals surface area contributed by atoms with E-state index in [1.807, 2.05) is 53.6 Å². The average molecular weight is 471 g/mol. The molecule has 0 radical (unpaired) electrons. The van der Waals surface area contributed by atoms with E-state index in [9.17, 15) is 9.90 Å². The van der Waals surface area contributed by atoms with Crippen molar-refractivity contribution in [2.24, 2.45) is 4.99 Å². The first-order valence-electron chi connectivity index (χ1n) is 12.8. The summed E-state index contributed by atoms with van der Waals surface area (Å²) in [5.74, 6) is 0.539. The maximum atomic E-state index is 12.6. The Kier molecular flexibility index (Phi) is 6.37. The lowest BCUT2D eigenvalue weighted by atomic mass is 10.0.